The van der Waals surface area contributed by atoms with Crippen LogP contribution >= 0.6 is 24.0 Å². The normalized spacial score (nSPS) is 21.3. The Bertz CT molecular complexity index is 862. The molecule has 0 radical (unpaired) electrons. The van der Waals surface area contributed by atoms with Gasteiger partial charge >= 0.3 is 0 Å². The van der Waals surface area contributed by atoms with Gasteiger partial charge in [-0.15, -0.1) is 12.4 Å². The van der Waals surface area contributed by atoms with E-state index in [0.717, 1.165) is 16.9 Å². The van der Waals surface area contributed by atoms with Crippen molar-refractivity contribution in [2.45, 2.75) is 18.4 Å². The molecule has 1 fully saturated rings. The number of likely N-dealkylation sites (tertiary alicyclic amines) is 1. The third kappa shape index (κ3) is 5.46. The maximum Gasteiger partial charge on any atom is 0.227 e. The van der Waals surface area contributed by atoms with Gasteiger partial charge in [-0.05, 0) is 49.8 Å². The number of hydrogen-bond acceptors (Lipinski definition) is 4. The maximum atomic E-state index is 13.0. The molecule has 0 saturated carbocycles. The van der Waals surface area contributed by atoms with Gasteiger partial charge in [-0.1, -0.05) is 41.9 Å². The Hall–Kier alpha value is -1.79. The predicted octanol–water partition coefficient (Wildman–Crippen LogP) is 3.61. The van der Waals surface area contributed by atoms with Crippen LogP contribution in [-0.4, -0.2) is 61.7 Å². The molecule has 1 amide bonds. The van der Waals surface area contributed by atoms with Crippen LogP contribution in [-0.2, 0) is 16.8 Å². The minimum atomic E-state index is -1.01. The lowest BCUT2D eigenvalue weighted by atomic mass is 9.75. The van der Waals surface area contributed by atoms with Gasteiger partial charge in [-0.3, -0.25) is 4.79 Å². The molecule has 0 aromatic heterocycles. The number of benzene rings is 2. The third-order valence-corrected chi connectivity index (χ3v) is 6.06. The summed E-state index contributed by atoms with van der Waals surface area (Å²) in [6.07, 6.45) is 0.749. The summed E-state index contributed by atoms with van der Waals surface area (Å²) in [5.74, 6) is 0.639. The van der Waals surface area contributed by atoms with E-state index in [1.807, 2.05) is 61.5 Å². The van der Waals surface area contributed by atoms with E-state index >= 15 is 0 Å². The number of hydrogen-bond donors (Lipinski definition) is 1. The summed E-state index contributed by atoms with van der Waals surface area (Å²) in [5, 5.41) is 12.3. The van der Waals surface area contributed by atoms with E-state index in [2.05, 4.69) is 4.90 Å². The summed E-state index contributed by atoms with van der Waals surface area (Å²) >= 11 is 6.23. The lowest BCUT2D eigenvalue weighted by Crippen LogP contribution is -2.54. The molecule has 1 aliphatic heterocycles. The van der Waals surface area contributed by atoms with Crippen LogP contribution in [0, 0.1) is 5.92 Å². The largest absolute Gasteiger partial charge is 0.497 e. The van der Waals surface area contributed by atoms with Gasteiger partial charge in [0.25, 0.3) is 0 Å². The highest BCUT2D eigenvalue weighted by Gasteiger charge is 2.44. The first kappa shape index (κ1) is 24.5. The molecule has 3 rings (SSSR count). The van der Waals surface area contributed by atoms with Crippen molar-refractivity contribution >= 4 is 29.9 Å². The van der Waals surface area contributed by atoms with Gasteiger partial charge < -0.3 is 19.6 Å². The first-order valence-corrected chi connectivity index (χ1v) is 10.2. The van der Waals surface area contributed by atoms with Gasteiger partial charge in [-0.25, -0.2) is 0 Å². The number of nitrogens with zero attached hydrogens (tertiary/aromatic N) is 2. The average Bonchev–Trinajstić information content (AvgIpc) is 2.71. The number of ether oxygens (including phenoxy) is 1. The summed E-state index contributed by atoms with van der Waals surface area (Å²) < 4.78 is 5.35. The van der Waals surface area contributed by atoms with Gasteiger partial charge in [-0.2, -0.15) is 0 Å². The highest BCUT2D eigenvalue weighted by molar-refractivity contribution is 6.31. The quantitative estimate of drug-likeness (QED) is 0.726. The van der Waals surface area contributed by atoms with Crippen LogP contribution in [0.15, 0.2) is 48.5 Å². The van der Waals surface area contributed by atoms with Gasteiger partial charge in [0.15, 0.2) is 0 Å². The standard InChI is InChI=1S/C23H29ClN2O3.ClH/c1-25(2)15-19-16-26(22(27)13-17-7-4-5-10-21(17)24)12-11-23(19,28)18-8-6-9-20(14-18)29-3;/h4-10,14,19,28H,11-13,15-16H2,1-3H3;1H. The van der Waals surface area contributed by atoms with Crippen molar-refractivity contribution in [2.24, 2.45) is 5.92 Å². The molecular formula is C23H30Cl2N2O3. The van der Waals surface area contributed by atoms with Crippen molar-refractivity contribution in [1.29, 1.82) is 0 Å². The van der Waals surface area contributed by atoms with Crippen LogP contribution in [0.4, 0.5) is 0 Å². The first-order chi connectivity index (χ1) is 13.8. The van der Waals surface area contributed by atoms with Crippen LogP contribution in [0.1, 0.15) is 17.5 Å². The van der Waals surface area contributed by atoms with E-state index in [9.17, 15) is 9.90 Å². The lowest BCUT2D eigenvalue weighted by molar-refractivity contribution is -0.141. The van der Waals surface area contributed by atoms with Gasteiger partial charge in [0.1, 0.15) is 5.75 Å². The van der Waals surface area contributed by atoms with Crippen LogP contribution in [0.25, 0.3) is 0 Å². The molecule has 7 heteroatoms. The SMILES string of the molecule is COc1cccc(C2(O)CCN(C(=O)Cc3ccccc3Cl)CC2CN(C)C)c1.Cl. The summed E-state index contributed by atoms with van der Waals surface area (Å²) in [6.45, 7) is 1.67. The molecule has 2 aromatic rings. The molecule has 5 nitrogen and oxygen atoms in total. The number of halogens is 2. The third-order valence-electron chi connectivity index (χ3n) is 5.69. The van der Waals surface area contributed by atoms with Gasteiger partial charge in [0.05, 0.1) is 19.1 Å². The molecule has 30 heavy (non-hydrogen) atoms. The van der Waals surface area contributed by atoms with Crippen molar-refractivity contribution in [1.82, 2.24) is 9.80 Å². The number of methoxy groups -OCH3 is 1. The zero-order valence-corrected chi connectivity index (χ0v) is 19.2. The summed E-state index contributed by atoms with van der Waals surface area (Å²) in [6, 6.07) is 15.0. The van der Waals surface area contributed by atoms with Crippen LogP contribution in [0.5, 0.6) is 5.75 Å². The molecule has 1 heterocycles. The molecule has 1 saturated heterocycles. The predicted molar refractivity (Wildman–Crippen MR) is 123 cm³/mol. The fraction of sp³-hybridized carbons (Fsp3) is 0.435. The molecule has 2 aromatic carbocycles. The number of rotatable bonds is 6. The summed E-state index contributed by atoms with van der Waals surface area (Å²) in [7, 11) is 5.59. The van der Waals surface area contributed by atoms with Gasteiger partial charge in [0, 0.05) is 30.6 Å². The van der Waals surface area contributed by atoms with E-state index in [1.165, 1.54) is 0 Å². The number of aliphatic hydroxyl groups is 1. The van der Waals surface area contributed by atoms with Crippen molar-refractivity contribution in [3.05, 3.63) is 64.7 Å². The summed E-state index contributed by atoms with van der Waals surface area (Å²) in [5.41, 5.74) is 0.652. The molecule has 1 aliphatic rings. The fourth-order valence-corrected chi connectivity index (χ4v) is 4.29. The molecule has 2 atom stereocenters. The Morgan fingerprint density at radius 3 is 2.67 bits per heavy atom. The van der Waals surface area contributed by atoms with Crippen molar-refractivity contribution in [3.8, 4) is 5.75 Å². The number of carbonyl (C=O) groups is 1. The van der Waals surface area contributed by atoms with E-state index in [1.54, 1.807) is 13.2 Å². The zero-order chi connectivity index (χ0) is 21.0. The number of carbonyl (C=O) groups excluding carboxylic acids is 1. The average molecular weight is 453 g/mol. The van der Waals surface area contributed by atoms with E-state index < -0.39 is 5.60 Å². The Balaban J connectivity index is 0.00000320. The Morgan fingerprint density at radius 1 is 1.27 bits per heavy atom. The topological polar surface area (TPSA) is 53.0 Å². The van der Waals surface area contributed by atoms with E-state index in [4.69, 9.17) is 16.3 Å². The Morgan fingerprint density at radius 2 is 2.00 bits per heavy atom. The van der Waals surface area contributed by atoms with Gasteiger partial charge in [0.2, 0.25) is 5.91 Å². The monoisotopic (exact) mass is 452 g/mol. The fourth-order valence-electron chi connectivity index (χ4n) is 4.08. The van der Waals surface area contributed by atoms with Crippen LogP contribution in [0.3, 0.4) is 0 Å². The molecule has 1 N–H and O–H groups in total. The smallest absolute Gasteiger partial charge is 0.227 e. The first-order valence-electron chi connectivity index (χ1n) is 9.86. The zero-order valence-electron chi connectivity index (χ0n) is 17.7. The molecule has 0 bridgehead atoms. The molecule has 0 aliphatic carbocycles. The minimum Gasteiger partial charge on any atom is -0.497 e. The number of amides is 1. The van der Waals surface area contributed by atoms with Crippen molar-refractivity contribution in [2.75, 3.05) is 40.8 Å². The lowest BCUT2D eigenvalue weighted by Gasteiger charge is -2.46. The second-order valence-electron chi connectivity index (χ2n) is 7.97. The van der Waals surface area contributed by atoms with E-state index in [0.29, 0.717) is 31.1 Å². The second-order valence-corrected chi connectivity index (χ2v) is 8.38. The van der Waals surface area contributed by atoms with Crippen LogP contribution < -0.4 is 4.74 Å². The maximum absolute atomic E-state index is 13.0. The second kappa shape index (κ2) is 10.5. The van der Waals surface area contributed by atoms with Crippen molar-refractivity contribution in [3.63, 3.8) is 0 Å². The molecule has 2 unspecified atom stereocenters. The van der Waals surface area contributed by atoms with Crippen molar-refractivity contribution < 1.29 is 14.6 Å². The molecule has 0 spiro atoms. The summed E-state index contributed by atoms with van der Waals surface area (Å²) in [4.78, 5) is 16.9. The highest BCUT2D eigenvalue weighted by atomic mass is 35.5. The number of piperidine rings is 1. The molecular weight excluding hydrogens is 423 g/mol. The van der Waals surface area contributed by atoms with E-state index in [-0.39, 0.29) is 30.7 Å². The Kier molecular flexibility index (Phi) is 8.56. The highest BCUT2D eigenvalue weighted by Crippen LogP contribution is 2.39. The minimum absolute atomic E-state index is 0. The Labute approximate surface area is 190 Å². The molecule has 164 valence electrons. The van der Waals surface area contributed by atoms with Crippen LogP contribution in [0.2, 0.25) is 5.02 Å².